The standard InChI is InChI=1S/C15H40FN3Si3/c1-13(2)17-22(16,18(14(3)4)20(7,8)9)19(15(5)6)21(10,11)12/h13-15,17H,1-12H3. The zero-order chi connectivity index (χ0) is 18.1. The van der Waals surface area contributed by atoms with Crippen molar-refractivity contribution in [3.63, 3.8) is 0 Å². The van der Waals surface area contributed by atoms with E-state index in [2.05, 4.69) is 94.3 Å². The minimum atomic E-state index is -3.43. The predicted molar refractivity (Wildman–Crippen MR) is 106 cm³/mol. The Morgan fingerprint density at radius 2 is 0.955 bits per heavy atom. The summed E-state index contributed by atoms with van der Waals surface area (Å²) < 4.78 is 21.3. The molecule has 0 aromatic heterocycles. The van der Waals surface area contributed by atoms with Gasteiger partial charge in [-0.3, -0.25) is 17.6 Å². The molecule has 0 amide bonds. The molecule has 0 saturated carbocycles. The van der Waals surface area contributed by atoms with Crippen LogP contribution in [0.25, 0.3) is 0 Å². The molecule has 3 nitrogen and oxygen atoms in total. The van der Waals surface area contributed by atoms with Crippen LogP contribution in [0.1, 0.15) is 41.5 Å². The number of halogens is 1. The first kappa shape index (κ1) is 22.5. The van der Waals surface area contributed by atoms with Crippen molar-refractivity contribution in [2.75, 3.05) is 0 Å². The summed E-state index contributed by atoms with van der Waals surface area (Å²) in [5.41, 5.74) is 0. The molecule has 0 aliphatic carbocycles. The molecule has 0 radical (unpaired) electrons. The fraction of sp³-hybridized carbons (Fsp3) is 1.00. The number of hydrogen-bond donors (Lipinski definition) is 1. The molecule has 7 heteroatoms. The highest BCUT2D eigenvalue weighted by Gasteiger charge is 2.58. The van der Waals surface area contributed by atoms with Gasteiger partial charge in [0.15, 0.2) is 0 Å². The average Bonchev–Trinajstić information content (AvgIpc) is 2.06. The summed E-state index contributed by atoms with van der Waals surface area (Å²) in [6.07, 6.45) is 0. The van der Waals surface area contributed by atoms with E-state index < -0.39 is 25.4 Å². The highest BCUT2D eigenvalue weighted by atomic mass is 28.5. The van der Waals surface area contributed by atoms with Gasteiger partial charge < -0.3 is 0 Å². The normalized spacial score (nSPS) is 15.0. The van der Waals surface area contributed by atoms with Crippen LogP contribution in [0.4, 0.5) is 4.11 Å². The Balaban J connectivity index is 6.23. The molecule has 0 rings (SSSR count). The molecule has 0 saturated heterocycles. The van der Waals surface area contributed by atoms with Gasteiger partial charge >= 0.3 is 8.89 Å². The Hall–Kier alpha value is 0.461. The Labute approximate surface area is 142 Å². The van der Waals surface area contributed by atoms with Crippen molar-refractivity contribution in [1.82, 2.24) is 13.4 Å². The third-order valence-electron chi connectivity index (χ3n) is 3.59. The van der Waals surface area contributed by atoms with Gasteiger partial charge in [0.05, 0.1) is 0 Å². The van der Waals surface area contributed by atoms with Gasteiger partial charge in [0.1, 0.15) is 16.5 Å². The molecule has 0 unspecified atom stereocenters. The first-order valence-electron chi connectivity index (χ1n) is 8.60. The van der Waals surface area contributed by atoms with Gasteiger partial charge in [-0.2, -0.15) is 0 Å². The van der Waals surface area contributed by atoms with Gasteiger partial charge in [-0.15, -0.1) is 0 Å². The average molecular weight is 366 g/mol. The summed E-state index contributed by atoms with van der Waals surface area (Å²) in [5, 5.41) is 0. The van der Waals surface area contributed by atoms with Crippen molar-refractivity contribution in [2.45, 2.75) is 99.0 Å². The first-order valence-corrected chi connectivity index (χ1v) is 17.3. The Morgan fingerprint density at radius 1 is 0.682 bits per heavy atom. The van der Waals surface area contributed by atoms with E-state index in [0.717, 1.165) is 0 Å². The van der Waals surface area contributed by atoms with Crippen LogP contribution < -0.4 is 4.98 Å². The van der Waals surface area contributed by atoms with Crippen molar-refractivity contribution >= 4 is 25.4 Å². The number of rotatable bonds is 8. The van der Waals surface area contributed by atoms with E-state index in [-0.39, 0.29) is 18.1 Å². The highest BCUT2D eigenvalue weighted by molar-refractivity contribution is 6.92. The zero-order valence-corrected chi connectivity index (χ0v) is 20.0. The summed E-state index contributed by atoms with van der Waals surface area (Å²) in [5.74, 6) is 0. The van der Waals surface area contributed by atoms with Crippen LogP contribution in [0.3, 0.4) is 0 Å². The van der Waals surface area contributed by atoms with Crippen LogP contribution >= 0.6 is 0 Å². The van der Waals surface area contributed by atoms with E-state index in [1.807, 2.05) is 0 Å². The highest BCUT2D eigenvalue weighted by Crippen LogP contribution is 2.31. The Bertz CT molecular complexity index is 323. The summed E-state index contributed by atoms with van der Waals surface area (Å²) >= 11 is 0. The molecular formula is C15H40FN3Si3. The summed E-state index contributed by atoms with van der Waals surface area (Å²) in [6, 6.07) is 0.575. The molecule has 0 atom stereocenters. The minimum absolute atomic E-state index is 0.145. The van der Waals surface area contributed by atoms with Crippen molar-refractivity contribution < 1.29 is 4.11 Å². The fourth-order valence-electron chi connectivity index (χ4n) is 3.74. The van der Waals surface area contributed by atoms with Crippen molar-refractivity contribution in [2.24, 2.45) is 0 Å². The molecule has 22 heavy (non-hydrogen) atoms. The van der Waals surface area contributed by atoms with Gasteiger partial charge in [-0.1, -0.05) is 80.8 Å². The van der Waals surface area contributed by atoms with Crippen LogP contribution in [0.5, 0.6) is 0 Å². The van der Waals surface area contributed by atoms with Crippen LogP contribution in [-0.2, 0) is 0 Å². The largest absolute Gasteiger partial charge is 0.473 e. The third kappa shape index (κ3) is 5.52. The van der Waals surface area contributed by atoms with Crippen LogP contribution in [0.15, 0.2) is 0 Å². The summed E-state index contributed by atoms with van der Waals surface area (Å²) in [6.45, 7) is 26.3. The van der Waals surface area contributed by atoms with E-state index in [0.29, 0.717) is 0 Å². The second-order valence-electron chi connectivity index (χ2n) is 9.16. The number of nitrogens with zero attached hydrogens (tertiary/aromatic N) is 2. The Kier molecular flexibility index (Phi) is 7.72. The molecule has 0 fully saturated rings. The van der Waals surface area contributed by atoms with E-state index >= 15 is 4.11 Å². The topological polar surface area (TPSA) is 18.5 Å². The second-order valence-corrected chi connectivity index (χ2v) is 22.1. The first-order chi connectivity index (χ1) is 9.55. The quantitative estimate of drug-likeness (QED) is 0.505. The lowest BCUT2D eigenvalue weighted by molar-refractivity contribution is 0.326. The van der Waals surface area contributed by atoms with Crippen molar-refractivity contribution in [3.05, 3.63) is 0 Å². The Morgan fingerprint density at radius 3 is 1.09 bits per heavy atom. The van der Waals surface area contributed by atoms with Gasteiger partial charge in [-0.05, 0) is 18.1 Å². The maximum atomic E-state index is 16.8. The lowest BCUT2D eigenvalue weighted by Gasteiger charge is -2.55. The molecule has 0 heterocycles. The maximum Gasteiger partial charge on any atom is 0.473 e. The molecule has 0 aromatic carbocycles. The van der Waals surface area contributed by atoms with Crippen molar-refractivity contribution in [1.29, 1.82) is 0 Å². The molecular weight excluding hydrogens is 325 g/mol. The third-order valence-corrected chi connectivity index (χ3v) is 16.6. The summed E-state index contributed by atoms with van der Waals surface area (Å²) in [7, 11) is -7.03. The molecule has 0 aromatic rings. The molecule has 0 bridgehead atoms. The van der Waals surface area contributed by atoms with E-state index in [4.69, 9.17) is 0 Å². The second kappa shape index (κ2) is 7.57. The summed E-state index contributed by atoms with van der Waals surface area (Å²) in [4.78, 5) is 3.43. The predicted octanol–water partition coefficient (Wildman–Crippen LogP) is 4.48. The lowest BCUT2D eigenvalue weighted by Crippen LogP contribution is -2.83. The van der Waals surface area contributed by atoms with Crippen LogP contribution in [0.2, 0.25) is 39.3 Å². The van der Waals surface area contributed by atoms with Gasteiger partial charge in [0, 0.05) is 0 Å². The van der Waals surface area contributed by atoms with Crippen LogP contribution in [-0.4, -0.2) is 52.0 Å². The van der Waals surface area contributed by atoms with E-state index in [1.54, 1.807) is 0 Å². The van der Waals surface area contributed by atoms with Gasteiger partial charge in [0.25, 0.3) is 0 Å². The maximum absolute atomic E-state index is 16.8. The smallest absolute Gasteiger partial charge is 0.294 e. The number of hydrogen-bond acceptors (Lipinski definition) is 3. The fourth-order valence-corrected chi connectivity index (χ4v) is 17.9. The van der Waals surface area contributed by atoms with Gasteiger partial charge in [-0.25, -0.2) is 0 Å². The molecule has 0 aliphatic heterocycles. The molecule has 134 valence electrons. The van der Waals surface area contributed by atoms with E-state index in [1.165, 1.54) is 0 Å². The van der Waals surface area contributed by atoms with Crippen LogP contribution in [0, 0.1) is 0 Å². The van der Waals surface area contributed by atoms with Crippen molar-refractivity contribution in [3.8, 4) is 0 Å². The minimum Gasteiger partial charge on any atom is -0.294 e. The molecule has 0 spiro atoms. The zero-order valence-electron chi connectivity index (χ0n) is 17.0. The number of nitrogens with one attached hydrogen (secondary N) is 1. The van der Waals surface area contributed by atoms with Gasteiger partial charge in [0.2, 0.25) is 0 Å². The lowest BCUT2D eigenvalue weighted by atomic mass is 10.4. The monoisotopic (exact) mass is 365 g/mol. The molecule has 1 N–H and O–H groups in total. The van der Waals surface area contributed by atoms with E-state index in [9.17, 15) is 0 Å². The SMILES string of the molecule is CC(C)N[Si](F)(N(C(C)C)[Si](C)(C)C)N(C(C)C)[Si](C)(C)C. The molecule has 0 aliphatic rings.